The van der Waals surface area contributed by atoms with Crippen molar-refractivity contribution >= 4 is 11.3 Å². The van der Waals surface area contributed by atoms with Crippen molar-refractivity contribution in [2.75, 3.05) is 0 Å². The molecule has 106 valence electrons. The van der Waals surface area contributed by atoms with Gasteiger partial charge >= 0.3 is 0 Å². The second-order valence-electron chi connectivity index (χ2n) is 5.10. The van der Waals surface area contributed by atoms with E-state index in [1.54, 1.807) is 12.1 Å². The molecule has 1 aliphatic rings. The molecular weight excluding hydrogens is 264 g/mol. The summed E-state index contributed by atoms with van der Waals surface area (Å²) in [4.78, 5) is 0. The van der Waals surface area contributed by atoms with Crippen LogP contribution in [0.5, 0.6) is 0 Å². The fraction of sp³-hybridized carbons (Fsp3) is 0.312. The van der Waals surface area contributed by atoms with Gasteiger partial charge < -0.3 is 9.67 Å². The van der Waals surface area contributed by atoms with Crippen LogP contribution < -0.4 is 0 Å². The van der Waals surface area contributed by atoms with Gasteiger partial charge in [0.25, 0.3) is 0 Å². The van der Waals surface area contributed by atoms with E-state index in [1.807, 2.05) is 22.8 Å². The van der Waals surface area contributed by atoms with E-state index in [1.165, 1.54) is 0 Å². The molecule has 1 aliphatic heterocycles. The highest BCUT2D eigenvalue weighted by atomic mass is 16.3. The van der Waals surface area contributed by atoms with Gasteiger partial charge in [-0.1, -0.05) is 36.8 Å². The first-order valence-electron chi connectivity index (χ1n) is 7.12. The molecule has 0 amide bonds. The quantitative estimate of drug-likeness (QED) is 0.678. The van der Waals surface area contributed by atoms with Crippen LogP contribution in [0.3, 0.4) is 0 Å². The van der Waals surface area contributed by atoms with E-state index >= 15 is 0 Å². The van der Waals surface area contributed by atoms with Crippen LogP contribution in [0.2, 0.25) is 0 Å². The molecule has 0 saturated heterocycles. The van der Waals surface area contributed by atoms with Gasteiger partial charge in [-0.3, -0.25) is 0 Å². The second-order valence-corrected chi connectivity index (χ2v) is 5.10. The zero-order valence-corrected chi connectivity index (χ0v) is 11.7. The lowest BCUT2D eigenvalue weighted by Gasteiger charge is -2.08. The number of aromatic nitrogens is 3. The van der Waals surface area contributed by atoms with Crippen molar-refractivity contribution in [1.29, 1.82) is 5.26 Å². The van der Waals surface area contributed by atoms with Crippen LogP contribution in [-0.2, 0) is 13.0 Å². The zero-order chi connectivity index (χ0) is 14.7. The van der Waals surface area contributed by atoms with Crippen LogP contribution in [0.1, 0.15) is 36.5 Å². The Balaban J connectivity index is 2.10. The van der Waals surface area contributed by atoms with Crippen LogP contribution in [-0.4, -0.2) is 19.9 Å². The van der Waals surface area contributed by atoms with Crippen molar-refractivity contribution in [2.45, 2.75) is 32.2 Å². The molecule has 3 rings (SSSR count). The highest BCUT2D eigenvalue weighted by Crippen LogP contribution is 2.25. The fourth-order valence-corrected chi connectivity index (χ4v) is 2.62. The predicted molar refractivity (Wildman–Crippen MR) is 79.1 cm³/mol. The number of nitriles is 1. The number of aliphatic hydroxyl groups is 1. The minimum atomic E-state index is -0.0439. The summed E-state index contributed by atoms with van der Waals surface area (Å²) in [5.74, 6) is 1.32. The van der Waals surface area contributed by atoms with Gasteiger partial charge in [-0.15, -0.1) is 10.2 Å². The zero-order valence-electron chi connectivity index (χ0n) is 11.7. The van der Waals surface area contributed by atoms with Crippen LogP contribution >= 0.6 is 0 Å². The summed E-state index contributed by atoms with van der Waals surface area (Å²) in [6.45, 7) is 0.797. The van der Waals surface area contributed by atoms with Crippen molar-refractivity contribution in [3.63, 3.8) is 0 Å². The lowest BCUT2D eigenvalue weighted by Crippen LogP contribution is -2.06. The Hall–Kier alpha value is -2.61. The smallest absolute Gasteiger partial charge is 0.178 e. The Morgan fingerprint density at radius 2 is 1.95 bits per heavy atom. The first-order chi connectivity index (χ1) is 10.3. The van der Waals surface area contributed by atoms with Gasteiger partial charge in [0.1, 0.15) is 23.2 Å². The SMILES string of the molecule is N#C/C(=C(/O)c1ccccc1)c1nnc2n1CCCCC2. The summed E-state index contributed by atoms with van der Waals surface area (Å²) in [5.41, 5.74) is 0.793. The molecule has 0 spiro atoms. The van der Waals surface area contributed by atoms with E-state index in [4.69, 9.17) is 0 Å². The first-order valence-corrected chi connectivity index (χ1v) is 7.12. The molecule has 0 aliphatic carbocycles. The van der Waals surface area contributed by atoms with E-state index in [0.29, 0.717) is 11.4 Å². The summed E-state index contributed by atoms with van der Waals surface area (Å²) in [6.07, 6.45) is 4.16. The Bertz CT molecular complexity index is 710. The number of nitrogens with zero attached hydrogens (tertiary/aromatic N) is 4. The third-order valence-corrected chi connectivity index (χ3v) is 3.73. The van der Waals surface area contributed by atoms with Gasteiger partial charge in [0.05, 0.1) is 0 Å². The lowest BCUT2D eigenvalue weighted by atomic mass is 10.1. The van der Waals surface area contributed by atoms with E-state index < -0.39 is 0 Å². The van der Waals surface area contributed by atoms with Crippen molar-refractivity contribution in [2.24, 2.45) is 0 Å². The molecule has 0 fully saturated rings. The molecule has 1 aromatic carbocycles. The summed E-state index contributed by atoms with van der Waals surface area (Å²) >= 11 is 0. The fourth-order valence-electron chi connectivity index (χ4n) is 2.62. The van der Waals surface area contributed by atoms with Crippen molar-refractivity contribution < 1.29 is 5.11 Å². The van der Waals surface area contributed by atoms with E-state index in [0.717, 1.165) is 38.1 Å². The van der Waals surface area contributed by atoms with E-state index in [2.05, 4.69) is 16.3 Å². The molecule has 1 aromatic heterocycles. The Labute approximate surface area is 123 Å². The number of aliphatic hydroxyl groups excluding tert-OH is 1. The van der Waals surface area contributed by atoms with Gasteiger partial charge in [-0.2, -0.15) is 5.26 Å². The largest absolute Gasteiger partial charge is 0.506 e. The number of benzene rings is 1. The number of rotatable bonds is 2. The summed E-state index contributed by atoms with van der Waals surface area (Å²) in [6, 6.07) is 11.1. The maximum absolute atomic E-state index is 10.4. The summed E-state index contributed by atoms with van der Waals surface area (Å²) in [7, 11) is 0. The van der Waals surface area contributed by atoms with Crippen molar-refractivity contribution in [3.05, 3.63) is 47.5 Å². The van der Waals surface area contributed by atoms with Crippen LogP contribution in [0.25, 0.3) is 11.3 Å². The van der Waals surface area contributed by atoms with Gasteiger partial charge in [0.15, 0.2) is 5.82 Å². The van der Waals surface area contributed by atoms with Crippen LogP contribution in [0, 0.1) is 11.3 Å². The third kappa shape index (κ3) is 2.52. The van der Waals surface area contributed by atoms with Crippen molar-refractivity contribution in [3.8, 4) is 6.07 Å². The molecule has 5 heteroatoms. The van der Waals surface area contributed by atoms with Gasteiger partial charge in [-0.25, -0.2) is 0 Å². The number of allylic oxidation sites excluding steroid dienone is 1. The average molecular weight is 280 g/mol. The molecule has 0 saturated carbocycles. The second kappa shape index (κ2) is 5.80. The monoisotopic (exact) mass is 280 g/mol. The number of fused-ring (bicyclic) bond motifs is 1. The number of hydrogen-bond donors (Lipinski definition) is 1. The topological polar surface area (TPSA) is 74.7 Å². The average Bonchev–Trinajstić information content (AvgIpc) is 2.78. The molecule has 1 N–H and O–H groups in total. The minimum Gasteiger partial charge on any atom is -0.506 e. The molecule has 5 nitrogen and oxygen atoms in total. The molecule has 21 heavy (non-hydrogen) atoms. The molecule has 0 unspecified atom stereocenters. The first kappa shape index (κ1) is 13.4. The number of aryl methyl sites for hydroxylation is 1. The summed E-state index contributed by atoms with van der Waals surface area (Å²) in [5, 5.41) is 28.2. The maximum atomic E-state index is 10.4. The molecular formula is C16H16N4O. The van der Waals surface area contributed by atoms with Gasteiger partial charge in [0, 0.05) is 18.5 Å². The molecule has 0 atom stereocenters. The molecule has 2 aromatic rings. The Kier molecular flexibility index (Phi) is 3.69. The highest BCUT2D eigenvalue weighted by molar-refractivity contribution is 5.91. The van der Waals surface area contributed by atoms with Gasteiger partial charge in [0.2, 0.25) is 0 Å². The van der Waals surface area contributed by atoms with E-state index in [-0.39, 0.29) is 11.3 Å². The normalized spacial score (nSPS) is 15.6. The lowest BCUT2D eigenvalue weighted by molar-refractivity contribution is 0.513. The summed E-state index contributed by atoms with van der Waals surface area (Å²) < 4.78 is 1.96. The highest BCUT2D eigenvalue weighted by Gasteiger charge is 2.21. The minimum absolute atomic E-state index is 0.0439. The Morgan fingerprint density at radius 1 is 1.14 bits per heavy atom. The maximum Gasteiger partial charge on any atom is 0.178 e. The standard InChI is InChI=1S/C16H16N4O/c17-11-13(15(21)12-7-3-1-4-8-12)16-19-18-14-9-5-2-6-10-20(14)16/h1,3-4,7-8,21H,2,5-6,9-10H2/b15-13-. The van der Waals surface area contributed by atoms with E-state index in [9.17, 15) is 10.4 Å². The molecule has 0 bridgehead atoms. The Morgan fingerprint density at radius 3 is 2.71 bits per heavy atom. The predicted octanol–water partition coefficient (Wildman–Crippen LogP) is 2.95. The van der Waals surface area contributed by atoms with Crippen LogP contribution in [0.15, 0.2) is 30.3 Å². The van der Waals surface area contributed by atoms with Crippen molar-refractivity contribution in [1.82, 2.24) is 14.8 Å². The molecule has 0 radical (unpaired) electrons. The number of hydrogen-bond acceptors (Lipinski definition) is 4. The van der Waals surface area contributed by atoms with Crippen LogP contribution in [0.4, 0.5) is 0 Å². The van der Waals surface area contributed by atoms with Gasteiger partial charge in [-0.05, 0) is 12.8 Å². The molecule has 2 heterocycles. The third-order valence-electron chi connectivity index (χ3n) is 3.73.